The maximum absolute atomic E-state index is 6.00. The first-order chi connectivity index (χ1) is 14.3. The van der Waals surface area contributed by atoms with Crippen LogP contribution in [0, 0.1) is 0 Å². The number of rotatable bonds is 9. The first-order valence-electron chi connectivity index (χ1n) is 10.9. The van der Waals surface area contributed by atoms with Crippen LogP contribution in [-0.4, -0.2) is 58.7 Å². The van der Waals surface area contributed by atoms with Crippen LogP contribution in [0.25, 0.3) is 0 Å². The zero-order valence-corrected chi connectivity index (χ0v) is 20.3. The Balaban J connectivity index is 0.00000320. The predicted octanol–water partition coefficient (Wildman–Crippen LogP) is 4.21. The van der Waals surface area contributed by atoms with E-state index in [1.165, 1.54) is 32.1 Å². The van der Waals surface area contributed by atoms with Gasteiger partial charge in [0.05, 0.1) is 25.9 Å². The van der Waals surface area contributed by atoms with Crippen molar-refractivity contribution < 1.29 is 18.9 Å². The Morgan fingerprint density at radius 2 is 1.87 bits per heavy atom. The highest BCUT2D eigenvalue weighted by Gasteiger charge is 2.13. The second kappa shape index (κ2) is 14.7. The number of nitrogens with zero attached hydrogens (tertiary/aromatic N) is 1. The summed E-state index contributed by atoms with van der Waals surface area (Å²) >= 11 is 0. The quantitative estimate of drug-likeness (QED) is 0.215. The summed E-state index contributed by atoms with van der Waals surface area (Å²) in [7, 11) is 1.69. The van der Waals surface area contributed by atoms with Gasteiger partial charge in [0.1, 0.15) is 0 Å². The number of ether oxygens (including phenoxy) is 4. The summed E-state index contributed by atoms with van der Waals surface area (Å²) in [5.74, 6) is 2.29. The highest BCUT2D eigenvalue weighted by Crippen LogP contribution is 2.32. The van der Waals surface area contributed by atoms with Gasteiger partial charge in [-0.05, 0) is 31.4 Å². The van der Waals surface area contributed by atoms with E-state index in [0.29, 0.717) is 39.0 Å². The zero-order valence-electron chi connectivity index (χ0n) is 18.0. The van der Waals surface area contributed by atoms with E-state index >= 15 is 0 Å². The lowest BCUT2D eigenvalue weighted by Gasteiger charge is -2.21. The molecule has 7 nitrogen and oxygen atoms in total. The molecule has 0 unspecified atom stereocenters. The molecule has 8 heteroatoms. The summed E-state index contributed by atoms with van der Waals surface area (Å²) < 4.78 is 22.6. The van der Waals surface area contributed by atoms with Crippen molar-refractivity contribution in [1.82, 2.24) is 5.32 Å². The SMILES string of the molecule is COCCNC(=NCCCOC1CCCCC1)Nc1ccc2c(c1)OCCCO2.I. The van der Waals surface area contributed by atoms with Crippen molar-refractivity contribution in [3.8, 4) is 11.5 Å². The van der Waals surface area contributed by atoms with E-state index in [9.17, 15) is 0 Å². The minimum atomic E-state index is 0. The van der Waals surface area contributed by atoms with Crippen molar-refractivity contribution in [2.45, 2.75) is 51.0 Å². The summed E-state index contributed by atoms with van der Waals surface area (Å²) in [6, 6.07) is 5.88. The highest BCUT2D eigenvalue weighted by molar-refractivity contribution is 14.0. The molecule has 30 heavy (non-hydrogen) atoms. The van der Waals surface area contributed by atoms with Gasteiger partial charge in [-0.15, -0.1) is 24.0 Å². The smallest absolute Gasteiger partial charge is 0.195 e. The third-order valence-electron chi connectivity index (χ3n) is 5.09. The number of guanidine groups is 1. The Morgan fingerprint density at radius 3 is 2.67 bits per heavy atom. The third kappa shape index (κ3) is 8.85. The van der Waals surface area contributed by atoms with Crippen molar-refractivity contribution in [1.29, 1.82) is 0 Å². The van der Waals surface area contributed by atoms with Crippen molar-refractivity contribution in [3.05, 3.63) is 18.2 Å². The molecule has 1 saturated carbocycles. The molecule has 3 rings (SSSR count). The molecule has 1 aromatic carbocycles. The predicted molar refractivity (Wildman–Crippen MR) is 131 cm³/mol. The van der Waals surface area contributed by atoms with E-state index in [2.05, 4.69) is 10.6 Å². The second-order valence-electron chi connectivity index (χ2n) is 7.47. The molecule has 170 valence electrons. The maximum atomic E-state index is 6.00. The molecule has 2 aliphatic rings. The highest BCUT2D eigenvalue weighted by atomic mass is 127. The number of fused-ring (bicyclic) bond motifs is 1. The van der Waals surface area contributed by atoms with E-state index in [4.69, 9.17) is 23.9 Å². The van der Waals surface area contributed by atoms with Crippen LogP contribution in [0.15, 0.2) is 23.2 Å². The molecular weight excluding hydrogens is 497 g/mol. The topological polar surface area (TPSA) is 73.3 Å². The summed E-state index contributed by atoms with van der Waals surface area (Å²) in [6.07, 6.45) is 8.63. The van der Waals surface area contributed by atoms with Crippen LogP contribution in [-0.2, 0) is 9.47 Å². The van der Waals surface area contributed by atoms with Crippen LogP contribution >= 0.6 is 24.0 Å². The molecule has 2 N–H and O–H groups in total. The molecule has 0 saturated heterocycles. The molecule has 0 aromatic heterocycles. The average molecular weight is 533 g/mol. The van der Waals surface area contributed by atoms with Crippen molar-refractivity contribution in [2.24, 2.45) is 4.99 Å². The van der Waals surface area contributed by atoms with Crippen LogP contribution in [0.3, 0.4) is 0 Å². The van der Waals surface area contributed by atoms with Gasteiger partial charge >= 0.3 is 0 Å². The summed E-state index contributed by atoms with van der Waals surface area (Å²) in [5.41, 5.74) is 0.913. The lowest BCUT2D eigenvalue weighted by Crippen LogP contribution is -2.33. The zero-order chi connectivity index (χ0) is 20.2. The first-order valence-corrected chi connectivity index (χ1v) is 10.9. The Morgan fingerprint density at radius 1 is 1.07 bits per heavy atom. The number of benzene rings is 1. The number of hydrogen-bond donors (Lipinski definition) is 2. The van der Waals surface area contributed by atoms with Crippen LogP contribution in [0.5, 0.6) is 11.5 Å². The lowest BCUT2D eigenvalue weighted by molar-refractivity contribution is 0.0281. The van der Waals surface area contributed by atoms with Crippen molar-refractivity contribution in [3.63, 3.8) is 0 Å². The Labute approximate surface area is 197 Å². The second-order valence-corrected chi connectivity index (χ2v) is 7.47. The van der Waals surface area contributed by atoms with Gasteiger partial charge in [-0.2, -0.15) is 0 Å². The molecule has 0 spiro atoms. The van der Waals surface area contributed by atoms with E-state index in [1.54, 1.807) is 7.11 Å². The van der Waals surface area contributed by atoms with Crippen LogP contribution in [0.2, 0.25) is 0 Å². The fraction of sp³-hybridized carbons (Fsp3) is 0.682. The third-order valence-corrected chi connectivity index (χ3v) is 5.09. The number of aliphatic imine (C=N–C) groups is 1. The van der Waals surface area contributed by atoms with E-state index < -0.39 is 0 Å². The fourth-order valence-electron chi connectivity index (χ4n) is 3.53. The normalized spacial score (nSPS) is 17.0. The molecule has 1 fully saturated rings. The van der Waals surface area contributed by atoms with E-state index in [1.807, 2.05) is 18.2 Å². The van der Waals surface area contributed by atoms with Gasteiger partial charge in [0.2, 0.25) is 0 Å². The summed E-state index contributed by atoms with van der Waals surface area (Å²) in [5, 5.41) is 6.66. The Kier molecular flexibility index (Phi) is 12.2. The number of hydrogen-bond acceptors (Lipinski definition) is 5. The molecule has 0 radical (unpaired) electrons. The van der Waals surface area contributed by atoms with Crippen LogP contribution in [0.4, 0.5) is 5.69 Å². The monoisotopic (exact) mass is 533 g/mol. The number of anilines is 1. The number of halogens is 1. The standard InChI is InChI=1S/C22H35N3O4.HI/c1-26-16-12-24-22(23-11-5-13-27-19-7-3-2-4-8-19)25-18-9-10-20-21(17-18)29-15-6-14-28-20;/h9-10,17,19H,2-8,11-16H2,1H3,(H2,23,24,25);1H. The van der Waals surface area contributed by atoms with Gasteiger partial charge in [-0.3, -0.25) is 4.99 Å². The lowest BCUT2D eigenvalue weighted by atomic mass is 9.98. The molecule has 0 bridgehead atoms. The van der Waals surface area contributed by atoms with Gasteiger partial charge < -0.3 is 29.6 Å². The van der Waals surface area contributed by atoms with Crippen molar-refractivity contribution in [2.75, 3.05) is 51.9 Å². The minimum absolute atomic E-state index is 0. The molecule has 1 aliphatic carbocycles. The summed E-state index contributed by atoms with van der Waals surface area (Å²) in [4.78, 5) is 4.69. The van der Waals surface area contributed by atoms with E-state index in [0.717, 1.165) is 42.6 Å². The summed E-state index contributed by atoms with van der Waals surface area (Å²) in [6.45, 7) is 4.14. The fourth-order valence-corrected chi connectivity index (χ4v) is 3.53. The van der Waals surface area contributed by atoms with Gasteiger partial charge in [-0.1, -0.05) is 19.3 Å². The van der Waals surface area contributed by atoms with Gasteiger partial charge in [-0.25, -0.2) is 0 Å². The largest absolute Gasteiger partial charge is 0.490 e. The van der Waals surface area contributed by atoms with E-state index in [-0.39, 0.29) is 24.0 Å². The maximum Gasteiger partial charge on any atom is 0.195 e. The van der Waals surface area contributed by atoms with Gasteiger partial charge in [0, 0.05) is 45.0 Å². The molecule has 0 atom stereocenters. The van der Waals surface area contributed by atoms with Crippen LogP contribution < -0.4 is 20.1 Å². The van der Waals surface area contributed by atoms with Crippen LogP contribution in [0.1, 0.15) is 44.9 Å². The molecular formula is C22H36IN3O4. The Hall–Kier alpha value is -1.26. The minimum Gasteiger partial charge on any atom is -0.490 e. The molecule has 1 aliphatic heterocycles. The number of methoxy groups -OCH3 is 1. The van der Waals surface area contributed by atoms with Gasteiger partial charge in [0.15, 0.2) is 17.5 Å². The Bertz CT molecular complexity index is 639. The molecule has 0 amide bonds. The molecule has 1 heterocycles. The average Bonchev–Trinajstić information content (AvgIpc) is 2.99. The molecule has 1 aromatic rings. The number of nitrogens with one attached hydrogen (secondary N) is 2. The van der Waals surface area contributed by atoms with Crippen molar-refractivity contribution >= 4 is 35.6 Å². The first kappa shape index (κ1) is 25.0. The van der Waals surface area contributed by atoms with Gasteiger partial charge in [0.25, 0.3) is 0 Å².